The fraction of sp³-hybridized carbons (Fsp3) is 0.368. The van der Waals surface area contributed by atoms with Gasteiger partial charge in [-0.3, -0.25) is 4.79 Å². The van der Waals surface area contributed by atoms with Gasteiger partial charge >= 0.3 is 5.97 Å². The van der Waals surface area contributed by atoms with Gasteiger partial charge in [0.25, 0.3) is 5.91 Å². The highest BCUT2D eigenvalue weighted by Crippen LogP contribution is 2.30. The van der Waals surface area contributed by atoms with Crippen molar-refractivity contribution in [2.24, 2.45) is 0 Å². The van der Waals surface area contributed by atoms with Gasteiger partial charge in [-0.1, -0.05) is 12.1 Å². The standard InChI is InChI=1S/C19H20FNO3S/c1-12(18(22)21-11-13-6-8-15(20)9-7-13)24-19(23)17-10-14-4-2-3-5-16(14)25-17/h6-10,12H,2-5,11H2,1H3,(H,21,22)/t12-/m1/s1. The highest BCUT2D eigenvalue weighted by atomic mass is 32.1. The van der Waals surface area contributed by atoms with E-state index in [2.05, 4.69) is 5.32 Å². The van der Waals surface area contributed by atoms with E-state index in [4.69, 9.17) is 4.74 Å². The zero-order valence-corrected chi connectivity index (χ0v) is 14.8. The predicted molar refractivity (Wildman–Crippen MR) is 94.1 cm³/mol. The van der Waals surface area contributed by atoms with E-state index in [0.29, 0.717) is 4.88 Å². The van der Waals surface area contributed by atoms with Crippen LogP contribution in [0.3, 0.4) is 0 Å². The molecule has 1 aliphatic carbocycles. The van der Waals surface area contributed by atoms with Gasteiger partial charge in [-0.15, -0.1) is 11.3 Å². The molecule has 1 aromatic heterocycles. The van der Waals surface area contributed by atoms with Crippen LogP contribution >= 0.6 is 11.3 Å². The van der Waals surface area contributed by atoms with E-state index in [-0.39, 0.29) is 18.3 Å². The van der Waals surface area contributed by atoms with Gasteiger partial charge in [0.15, 0.2) is 6.10 Å². The van der Waals surface area contributed by atoms with Gasteiger partial charge < -0.3 is 10.1 Å². The Morgan fingerprint density at radius 2 is 1.96 bits per heavy atom. The molecule has 0 bridgehead atoms. The summed E-state index contributed by atoms with van der Waals surface area (Å²) in [5.74, 6) is -1.15. The van der Waals surface area contributed by atoms with Crippen molar-refractivity contribution in [1.29, 1.82) is 0 Å². The Hall–Kier alpha value is -2.21. The van der Waals surface area contributed by atoms with Crippen LogP contribution in [0.15, 0.2) is 30.3 Å². The monoisotopic (exact) mass is 361 g/mol. The number of ether oxygens (including phenoxy) is 1. The van der Waals surface area contributed by atoms with Crippen molar-refractivity contribution < 1.29 is 18.7 Å². The molecular formula is C19H20FNO3S. The summed E-state index contributed by atoms with van der Waals surface area (Å²) in [6.45, 7) is 1.81. The molecule has 4 nitrogen and oxygen atoms in total. The topological polar surface area (TPSA) is 55.4 Å². The summed E-state index contributed by atoms with van der Waals surface area (Å²) < 4.78 is 18.1. The number of fused-ring (bicyclic) bond motifs is 1. The molecular weight excluding hydrogens is 341 g/mol. The third kappa shape index (κ3) is 4.45. The number of amides is 1. The minimum atomic E-state index is -0.882. The maximum Gasteiger partial charge on any atom is 0.349 e. The molecule has 2 aromatic rings. The molecule has 1 N–H and O–H groups in total. The maximum absolute atomic E-state index is 12.9. The number of hydrogen-bond acceptors (Lipinski definition) is 4. The van der Waals surface area contributed by atoms with Crippen LogP contribution in [0.1, 0.15) is 45.4 Å². The average Bonchev–Trinajstić information content (AvgIpc) is 3.05. The summed E-state index contributed by atoms with van der Waals surface area (Å²) in [5, 5.41) is 2.69. The molecule has 0 aliphatic heterocycles. The van der Waals surface area contributed by atoms with Crippen LogP contribution in [0.4, 0.5) is 4.39 Å². The molecule has 1 amide bonds. The van der Waals surface area contributed by atoms with Crippen LogP contribution in [0.2, 0.25) is 0 Å². The Balaban J connectivity index is 1.52. The number of halogens is 1. The largest absolute Gasteiger partial charge is 0.448 e. The van der Waals surface area contributed by atoms with Crippen molar-refractivity contribution in [3.63, 3.8) is 0 Å². The Bertz CT molecular complexity index is 746. The molecule has 132 valence electrons. The molecule has 6 heteroatoms. The Morgan fingerprint density at radius 1 is 1.24 bits per heavy atom. The van der Waals surface area contributed by atoms with E-state index in [9.17, 15) is 14.0 Å². The van der Waals surface area contributed by atoms with Gasteiger partial charge in [0, 0.05) is 11.4 Å². The molecule has 0 saturated carbocycles. The zero-order valence-electron chi connectivity index (χ0n) is 14.0. The van der Waals surface area contributed by atoms with Crippen molar-refractivity contribution in [3.05, 3.63) is 57.0 Å². The Morgan fingerprint density at radius 3 is 2.68 bits per heavy atom. The van der Waals surface area contributed by atoms with Gasteiger partial charge in [0.1, 0.15) is 10.7 Å². The van der Waals surface area contributed by atoms with Crippen LogP contribution in [0, 0.1) is 5.82 Å². The number of esters is 1. The number of thiophene rings is 1. The molecule has 0 spiro atoms. The van der Waals surface area contributed by atoms with Crippen LogP contribution in [0.5, 0.6) is 0 Å². The van der Waals surface area contributed by atoms with Gasteiger partial charge in [-0.2, -0.15) is 0 Å². The van der Waals surface area contributed by atoms with E-state index in [1.54, 1.807) is 19.1 Å². The highest BCUT2D eigenvalue weighted by Gasteiger charge is 2.22. The molecule has 0 saturated heterocycles. The lowest BCUT2D eigenvalue weighted by atomic mass is 9.99. The van der Waals surface area contributed by atoms with E-state index in [1.807, 2.05) is 6.07 Å². The minimum Gasteiger partial charge on any atom is -0.448 e. The number of rotatable bonds is 5. The fourth-order valence-electron chi connectivity index (χ4n) is 2.80. The molecule has 1 heterocycles. The SMILES string of the molecule is C[C@@H](OC(=O)c1cc2c(s1)CCCC2)C(=O)NCc1ccc(F)cc1. The number of benzene rings is 1. The summed E-state index contributed by atoms with van der Waals surface area (Å²) in [4.78, 5) is 26.2. The molecule has 1 atom stereocenters. The second-order valence-electron chi connectivity index (χ2n) is 6.16. The number of carbonyl (C=O) groups is 2. The predicted octanol–water partition coefficient (Wildman–Crippen LogP) is 3.63. The number of carbonyl (C=O) groups excluding carboxylic acids is 2. The van der Waals surface area contributed by atoms with E-state index in [1.165, 1.54) is 33.9 Å². The first-order valence-corrected chi connectivity index (χ1v) is 9.19. The van der Waals surface area contributed by atoms with Gasteiger partial charge in [0.05, 0.1) is 0 Å². The molecule has 0 fully saturated rings. The maximum atomic E-state index is 12.9. The molecule has 3 rings (SSSR count). The third-order valence-electron chi connectivity index (χ3n) is 4.23. The Labute approximate surface area is 150 Å². The second-order valence-corrected chi connectivity index (χ2v) is 7.29. The number of aryl methyl sites for hydroxylation is 2. The molecule has 0 unspecified atom stereocenters. The first kappa shape index (κ1) is 17.6. The lowest BCUT2D eigenvalue weighted by Crippen LogP contribution is -2.35. The van der Waals surface area contributed by atoms with Gasteiger partial charge in [0.2, 0.25) is 0 Å². The number of nitrogens with one attached hydrogen (secondary N) is 1. The van der Waals surface area contributed by atoms with Gasteiger partial charge in [-0.05, 0) is 61.9 Å². The van der Waals surface area contributed by atoms with E-state index < -0.39 is 12.1 Å². The summed E-state index contributed by atoms with van der Waals surface area (Å²) in [7, 11) is 0. The lowest BCUT2D eigenvalue weighted by molar-refractivity contribution is -0.129. The average molecular weight is 361 g/mol. The number of hydrogen-bond donors (Lipinski definition) is 1. The molecule has 1 aliphatic rings. The zero-order chi connectivity index (χ0) is 17.8. The second kappa shape index (κ2) is 7.78. The van der Waals surface area contributed by atoms with Crippen molar-refractivity contribution in [2.45, 2.75) is 45.3 Å². The Kier molecular flexibility index (Phi) is 5.48. The van der Waals surface area contributed by atoms with Crippen LogP contribution in [-0.4, -0.2) is 18.0 Å². The minimum absolute atomic E-state index is 0.258. The van der Waals surface area contributed by atoms with Crippen molar-refractivity contribution in [3.8, 4) is 0 Å². The molecule has 0 radical (unpaired) electrons. The van der Waals surface area contributed by atoms with Crippen LogP contribution in [0.25, 0.3) is 0 Å². The molecule has 25 heavy (non-hydrogen) atoms. The van der Waals surface area contributed by atoms with Crippen molar-refractivity contribution in [2.75, 3.05) is 0 Å². The summed E-state index contributed by atoms with van der Waals surface area (Å²) >= 11 is 1.47. The lowest BCUT2D eigenvalue weighted by Gasteiger charge is -2.13. The fourth-order valence-corrected chi connectivity index (χ4v) is 3.94. The van der Waals surface area contributed by atoms with E-state index >= 15 is 0 Å². The summed E-state index contributed by atoms with van der Waals surface area (Å²) in [6, 6.07) is 7.77. The van der Waals surface area contributed by atoms with Crippen molar-refractivity contribution in [1.82, 2.24) is 5.32 Å². The van der Waals surface area contributed by atoms with Crippen molar-refractivity contribution >= 4 is 23.2 Å². The summed E-state index contributed by atoms with van der Waals surface area (Å²) in [5.41, 5.74) is 2.01. The van der Waals surface area contributed by atoms with Crippen LogP contribution in [-0.2, 0) is 28.9 Å². The third-order valence-corrected chi connectivity index (χ3v) is 5.45. The first-order chi connectivity index (χ1) is 12.0. The highest BCUT2D eigenvalue weighted by molar-refractivity contribution is 7.14. The van der Waals surface area contributed by atoms with E-state index in [0.717, 1.165) is 31.2 Å². The van der Waals surface area contributed by atoms with Crippen LogP contribution < -0.4 is 5.32 Å². The first-order valence-electron chi connectivity index (χ1n) is 8.37. The normalized spacial score (nSPS) is 14.5. The smallest absolute Gasteiger partial charge is 0.349 e. The quantitative estimate of drug-likeness (QED) is 0.828. The molecule has 1 aromatic carbocycles. The van der Waals surface area contributed by atoms with Gasteiger partial charge in [-0.25, -0.2) is 9.18 Å². The summed E-state index contributed by atoms with van der Waals surface area (Å²) in [6.07, 6.45) is 3.45.